The highest BCUT2D eigenvalue weighted by molar-refractivity contribution is 5.05. The summed E-state index contributed by atoms with van der Waals surface area (Å²) in [6.07, 6.45) is 0.360. The van der Waals surface area contributed by atoms with Gasteiger partial charge in [0.15, 0.2) is 0 Å². The first-order valence-corrected chi connectivity index (χ1v) is 8.24. The number of hydrogen-bond acceptors (Lipinski definition) is 1. The quantitative estimate of drug-likeness (QED) is 0.592. The molecule has 20 heavy (non-hydrogen) atoms. The molecule has 1 aliphatic rings. The topological polar surface area (TPSA) is 9.23 Å². The Hall–Kier alpha value is -0.0400. The minimum atomic E-state index is 0.232. The maximum Gasteiger partial charge on any atom is 0.0645 e. The van der Waals surface area contributed by atoms with Crippen molar-refractivity contribution < 1.29 is 4.74 Å². The molecule has 0 aromatic carbocycles. The van der Waals surface area contributed by atoms with Crippen LogP contribution in [-0.2, 0) is 4.74 Å². The zero-order chi connectivity index (χ0) is 16.1. The van der Waals surface area contributed by atoms with E-state index in [2.05, 4.69) is 76.2 Å². The monoisotopic (exact) mass is 282 g/mol. The van der Waals surface area contributed by atoms with Crippen molar-refractivity contribution >= 4 is 0 Å². The molecule has 1 heterocycles. The van der Waals surface area contributed by atoms with Gasteiger partial charge in [0.05, 0.1) is 12.7 Å². The van der Waals surface area contributed by atoms with Gasteiger partial charge in [0.25, 0.3) is 0 Å². The largest absolute Gasteiger partial charge is 0.377 e. The van der Waals surface area contributed by atoms with Crippen LogP contribution in [0.2, 0.25) is 0 Å². The van der Waals surface area contributed by atoms with Crippen LogP contribution in [0.3, 0.4) is 0 Å². The van der Waals surface area contributed by atoms with Gasteiger partial charge in [0.2, 0.25) is 0 Å². The van der Waals surface area contributed by atoms with Gasteiger partial charge in [0.1, 0.15) is 0 Å². The average molecular weight is 283 g/mol. The van der Waals surface area contributed by atoms with Gasteiger partial charge < -0.3 is 4.74 Å². The summed E-state index contributed by atoms with van der Waals surface area (Å²) < 4.78 is 6.42. The third kappa shape index (κ3) is 3.08. The van der Waals surface area contributed by atoms with E-state index in [1.54, 1.807) is 0 Å². The maximum absolute atomic E-state index is 6.42. The Morgan fingerprint density at radius 3 is 1.70 bits per heavy atom. The fourth-order valence-corrected chi connectivity index (χ4v) is 3.88. The lowest BCUT2D eigenvalue weighted by atomic mass is 9.53. The second-order valence-electron chi connectivity index (χ2n) is 10.4. The average Bonchev–Trinajstić information content (AvgIpc) is 2.53. The summed E-state index contributed by atoms with van der Waals surface area (Å²) in [5.41, 5.74) is 1.05. The van der Waals surface area contributed by atoms with E-state index in [4.69, 9.17) is 4.74 Å². The van der Waals surface area contributed by atoms with Crippen LogP contribution in [0.5, 0.6) is 0 Å². The summed E-state index contributed by atoms with van der Waals surface area (Å²) in [5, 5.41) is 0. The van der Waals surface area contributed by atoms with Gasteiger partial charge >= 0.3 is 0 Å². The van der Waals surface area contributed by atoms with Crippen LogP contribution >= 0.6 is 0 Å². The van der Waals surface area contributed by atoms with Gasteiger partial charge in [-0.3, -0.25) is 0 Å². The molecule has 0 aromatic heterocycles. The molecule has 1 saturated heterocycles. The second-order valence-corrected chi connectivity index (χ2v) is 10.4. The van der Waals surface area contributed by atoms with Gasteiger partial charge in [-0.05, 0) is 28.1 Å². The molecule has 1 rings (SSSR count). The first-order valence-electron chi connectivity index (χ1n) is 8.24. The summed E-state index contributed by atoms with van der Waals surface area (Å²) in [7, 11) is 0. The predicted molar refractivity (Wildman–Crippen MR) is 88.9 cm³/mol. The van der Waals surface area contributed by atoms with Crippen LogP contribution in [0.4, 0.5) is 0 Å². The van der Waals surface area contributed by atoms with E-state index in [0.29, 0.717) is 17.9 Å². The van der Waals surface area contributed by atoms with Gasteiger partial charge in [0, 0.05) is 5.41 Å². The van der Waals surface area contributed by atoms with Crippen LogP contribution in [0.25, 0.3) is 0 Å². The second kappa shape index (κ2) is 5.00. The first-order chi connectivity index (χ1) is 8.62. The molecule has 0 bridgehead atoms. The highest BCUT2D eigenvalue weighted by atomic mass is 16.5. The lowest BCUT2D eigenvalue weighted by Gasteiger charge is -2.50. The molecule has 1 aliphatic heterocycles. The molecule has 120 valence electrons. The zero-order valence-corrected chi connectivity index (χ0v) is 15.8. The SMILES string of the molecule is C[C@H](C1OC[C@@](C)(C(C)(C)C)[C@@H]1C(C)(C)C)C(C)(C)C. The predicted octanol–water partition coefficient (Wildman–Crippen LogP) is 5.78. The molecule has 1 fully saturated rings. The van der Waals surface area contributed by atoms with E-state index in [1.165, 1.54) is 0 Å². The lowest BCUT2D eigenvalue weighted by Crippen LogP contribution is -2.49. The molecule has 0 aromatic rings. The Morgan fingerprint density at radius 2 is 1.40 bits per heavy atom. The summed E-state index contributed by atoms with van der Waals surface area (Å²) in [6.45, 7) is 27.0. The number of ether oxygens (including phenoxy) is 1. The zero-order valence-electron chi connectivity index (χ0n) is 15.8. The molecule has 0 saturated carbocycles. The van der Waals surface area contributed by atoms with Gasteiger partial charge in [-0.15, -0.1) is 0 Å². The van der Waals surface area contributed by atoms with Crippen LogP contribution in [-0.4, -0.2) is 12.7 Å². The van der Waals surface area contributed by atoms with E-state index in [-0.39, 0.29) is 21.7 Å². The van der Waals surface area contributed by atoms with E-state index in [0.717, 1.165) is 6.61 Å². The fraction of sp³-hybridized carbons (Fsp3) is 1.00. The third-order valence-corrected chi connectivity index (χ3v) is 6.10. The Balaban J connectivity index is 3.25. The Morgan fingerprint density at radius 1 is 0.950 bits per heavy atom. The van der Waals surface area contributed by atoms with Crippen LogP contribution < -0.4 is 0 Å². The third-order valence-electron chi connectivity index (χ3n) is 6.10. The summed E-state index contributed by atoms with van der Waals surface area (Å²) >= 11 is 0. The molecule has 1 heteroatoms. The van der Waals surface area contributed by atoms with Crippen molar-refractivity contribution in [2.45, 2.75) is 82.3 Å². The molecule has 1 unspecified atom stereocenters. The van der Waals surface area contributed by atoms with Crippen LogP contribution in [0.15, 0.2) is 0 Å². The van der Waals surface area contributed by atoms with Crippen LogP contribution in [0.1, 0.15) is 76.2 Å². The molecule has 0 aliphatic carbocycles. The molecular formula is C19H38O. The Labute approximate surface area is 127 Å². The van der Waals surface area contributed by atoms with Crippen LogP contribution in [0, 0.1) is 33.5 Å². The molecule has 0 amide bonds. The number of hydrogen-bond donors (Lipinski definition) is 0. The number of rotatable bonds is 1. The van der Waals surface area contributed by atoms with Crippen molar-refractivity contribution in [3.63, 3.8) is 0 Å². The maximum atomic E-state index is 6.42. The summed E-state index contributed by atoms with van der Waals surface area (Å²) in [5.74, 6) is 1.15. The van der Waals surface area contributed by atoms with Crippen molar-refractivity contribution in [1.29, 1.82) is 0 Å². The normalized spacial score (nSPS) is 34.4. The van der Waals surface area contributed by atoms with Crippen molar-refractivity contribution in [3.8, 4) is 0 Å². The van der Waals surface area contributed by atoms with Crippen molar-refractivity contribution in [1.82, 2.24) is 0 Å². The molecule has 0 N–H and O–H groups in total. The van der Waals surface area contributed by atoms with E-state index in [1.807, 2.05) is 0 Å². The van der Waals surface area contributed by atoms with Crippen molar-refractivity contribution in [2.75, 3.05) is 6.61 Å². The lowest BCUT2D eigenvalue weighted by molar-refractivity contribution is -0.0322. The van der Waals surface area contributed by atoms with Crippen molar-refractivity contribution in [2.24, 2.45) is 33.5 Å². The first kappa shape index (κ1) is 18.0. The van der Waals surface area contributed by atoms with E-state index >= 15 is 0 Å². The highest BCUT2D eigenvalue weighted by Crippen LogP contribution is 2.59. The minimum absolute atomic E-state index is 0.232. The van der Waals surface area contributed by atoms with E-state index < -0.39 is 0 Å². The van der Waals surface area contributed by atoms with E-state index in [9.17, 15) is 0 Å². The smallest absolute Gasteiger partial charge is 0.0645 e. The van der Waals surface area contributed by atoms with Crippen molar-refractivity contribution in [3.05, 3.63) is 0 Å². The van der Waals surface area contributed by atoms with Gasteiger partial charge in [-0.1, -0.05) is 76.2 Å². The standard InChI is InChI=1S/C19H38O/c1-13(16(2,3)4)14-15(17(5,6)7)19(11,12-20-14)18(8,9)10/h13-15H,12H2,1-11H3/t13-,14?,15+,19-/m1/s1. The molecule has 0 spiro atoms. The summed E-state index contributed by atoms with van der Waals surface area (Å²) in [6, 6.07) is 0. The molecule has 1 nitrogen and oxygen atoms in total. The Kier molecular flexibility index (Phi) is 4.51. The Bertz CT molecular complexity index is 336. The van der Waals surface area contributed by atoms with Gasteiger partial charge in [-0.25, -0.2) is 0 Å². The molecule has 0 radical (unpaired) electrons. The summed E-state index contributed by atoms with van der Waals surface area (Å²) in [4.78, 5) is 0. The molecule has 4 atom stereocenters. The highest BCUT2D eigenvalue weighted by Gasteiger charge is 2.58. The van der Waals surface area contributed by atoms with Gasteiger partial charge in [-0.2, -0.15) is 0 Å². The minimum Gasteiger partial charge on any atom is -0.377 e. The fourth-order valence-electron chi connectivity index (χ4n) is 3.88. The molecular weight excluding hydrogens is 244 g/mol.